The molecule has 0 aliphatic rings. The largest absolute Gasteiger partial charge is 0.494 e. The predicted octanol–water partition coefficient (Wildman–Crippen LogP) is 2.95. The number of hydrogen-bond donors (Lipinski definition) is 1. The molecular formula is C14H16FN3O. The molecule has 19 heavy (non-hydrogen) atoms. The summed E-state index contributed by atoms with van der Waals surface area (Å²) in [6.45, 7) is 3.90. The number of nitrogens with zero attached hydrogens (tertiary/aromatic N) is 2. The maximum Gasteiger partial charge on any atom is 0.165 e. The first-order valence-electron chi connectivity index (χ1n) is 5.94. The van der Waals surface area contributed by atoms with Gasteiger partial charge in [0, 0.05) is 12.6 Å². The van der Waals surface area contributed by atoms with E-state index in [1.54, 1.807) is 19.2 Å². The third-order valence-electron chi connectivity index (χ3n) is 3.18. The minimum Gasteiger partial charge on any atom is -0.494 e. The maximum absolute atomic E-state index is 13.7. The number of rotatable bonds is 3. The van der Waals surface area contributed by atoms with Crippen molar-refractivity contribution in [2.24, 2.45) is 0 Å². The van der Waals surface area contributed by atoms with Crippen LogP contribution in [-0.2, 0) is 0 Å². The average Bonchev–Trinajstić information content (AvgIpc) is 2.41. The lowest BCUT2D eigenvalue weighted by molar-refractivity contribution is 0.386. The molecule has 2 rings (SSSR count). The van der Waals surface area contributed by atoms with Crippen LogP contribution in [0.15, 0.2) is 18.2 Å². The summed E-state index contributed by atoms with van der Waals surface area (Å²) < 4.78 is 18.6. The molecule has 0 amide bonds. The van der Waals surface area contributed by atoms with E-state index in [0.29, 0.717) is 11.3 Å². The summed E-state index contributed by atoms with van der Waals surface area (Å²) in [5, 5.41) is 11.2. The Balaban J connectivity index is 2.53. The Hall–Kier alpha value is -2.17. The Kier molecular flexibility index (Phi) is 3.64. The van der Waals surface area contributed by atoms with Gasteiger partial charge in [0.05, 0.1) is 12.8 Å². The van der Waals surface area contributed by atoms with Crippen molar-refractivity contribution in [1.29, 1.82) is 0 Å². The van der Waals surface area contributed by atoms with Crippen LogP contribution in [0, 0.1) is 19.7 Å². The number of hydrogen-bond acceptors (Lipinski definition) is 4. The van der Waals surface area contributed by atoms with Crippen molar-refractivity contribution in [1.82, 2.24) is 10.2 Å². The third-order valence-corrected chi connectivity index (χ3v) is 3.18. The van der Waals surface area contributed by atoms with Crippen molar-refractivity contribution < 1.29 is 9.13 Å². The van der Waals surface area contributed by atoms with Crippen LogP contribution < -0.4 is 10.1 Å². The average molecular weight is 261 g/mol. The quantitative estimate of drug-likeness (QED) is 0.922. The molecule has 0 saturated heterocycles. The Bertz CT molecular complexity index is 614. The molecule has 1 aromatic carbocycles. The van der Waals surface area contributed by atoms with Crippen molar-refractivity contribution >= 4 is 5.82 Å². The van der Waals surface area contributed by atoms with E-state index in [1.807, 2.05) is 13.8 Å². The molecule has 0 spiro atoms. The summed E-state index contributed by atoms with van der Waals surface area (Å²) >= 11 is 0. The molecular weight excluding hydrogens is 245 g/mol. The molecule has 2 aromatic rings. The Morgan fingerprint density at radius 2 is 1.89 bits per heavy atom. The number of methoxy groups -OCH3 is 1. The topological polar surface area (TPSA) is 47.0 Å². The zero-order valence-electron chi connectivity index (χ0n) is 11.4. The number of nitrogens with one attached hydrogen (secondary N) is 1. The molecule has 0 saturated carbocycles. The minimum atomic E-state index is -0.406. The van der Waals surface area contributed by atoms with Crippen molar-refractivity contribution in [3.8, 4) is 17.0 Å². The van der Waals surface area contributed by atoms with Gasteiger partial charge in [-0.05, 0) is 43.2 Å². The Morgan fingerprint density at radius 1 is 1.16 bits per heavy atom. The summed E-state index contributed by atoms with van der Waals surface area (Å²) in [5.74, 6) is 0.546. The van der Waals surface area contributed by atoms with Gasteiger partial charge >= 0.3 is 0 Å². The van der Waals surface area contributed by atoms with E-state index in [0.717, 1.165) is 16.9 Å². The highest BCUT2D eigenvalue weighted by atomic mass is 19.1. The fourth-order valence-electron chi connectivity index (χ4n) is 1.93. The molecule has 1 aromatic heterocycles. The van der Waals surface area contributed by atoms with Gasteiger partial charge in [-0.15, -0.1) is 10.2 Å². The van der Waals surface area contributed by atoms with Crippen molar-refractivity contribution in [3.05, 3.63) is 35.1 Å². The molecule has 0 aliphatic heterocycles. The van der Waals surface area contributed by atoms with Crippen LogP contribution in [0.2, 0.25) is 0 Å². The molecule has 0 radical (unpaired) electrons. The summed E-state index contributed by atoms with van der Waals surface area (Å²) in [5.41, 5.74) is 3.35. The zero-order chi connectivity index (χ0) is 14.0. The molecule has 0 unspecified atom stereocenters. The first-order chi connectivity index (χ1) is 9.08. The van der Waals surface area contributed by atoms with Gasteiger partial charge in [0.25, 0.3) is 0 Å². The van der Waals surface area contributed by atoms with Crippen molar-refractivity contribution in [2.75, 3.05) is 19.5 Å². The Labute approximate surface area is 111 Å². The first kappa shape index (κ1) is 13.3. The molecule has 0 bridgehead atoms. The molecule has 0 fully saturated rings. The van der Waals surface area contributed by atoms with Gasteiger partial charge in [-0.25, -0.2) is 4.39 Å². The van der Waals surface area contributed by atoms with Gasteiger partial charge < -0.3 is 10.1 Å². The lowest BCUT2D eigenvalue weighted by Gasteiger charge is -2.11. The van der Waals surface area contributed by atoms with E-state index in [-0.39, 0.29) is 5.75 Å². The highest BCUT2D eigenvalue weighted by molar-refractivity contribution is 5.67. The van der Waals surface area contributed by atoms with E-state index in [2.05, 4.69) is 15.5 Å². The third kappa shape index (κ3) is 2.36. The van der Waals surface area contributed by atoms with E-state index in [4.69, 9.17) is 4.74 Å². The second-order valence-corrected chi connectivity index (χ2v) is 4.25. The van der Waals surface area contributed by atoms with Gasteiger partial charge in [-0.2, -0.15) is 0 Å². The molecule has 1 heterocycles. The lowest BCUT2D eigenvalue weighted by Crippen LogP contribution is -2.03. The standard InChI is InChI=1S/C14H16FN3O/c1-8-9(2)14(16-3)18-17-13(8)10-5-6-12(19-4)11(15)7-10/h5-7H,1-4H3,(H,16,18). The van der Waals surface area contributed by atoms with Gasteiger partial charge in [0.1, 0.15) is 0 Å². The zero-order valence-corrected chi connectivity index (χ0v) is 11.4. The van der Waals surface area contributed by atoms with Gasteiger partial charge in [0.15, 0.2) is 17.4 Å². The molecule has 5 heteroatoms. The van der Waals surface area contributed by atoms with Gasteiger partial charge in [-0.1, -0.05) is 0 Å². The first-order valence-corrected chi connectivity index (χ1v) is 5.94. The van der Waals surface area contributed by atoms with Crippen LogP contribution in [0.1, 0.15) is 11.1 Å². The fourth-order valence-corrected chi connectivity index (χ4v) is 1.93. The summed E-state index contributed by atoms with van der Waals surface area (Å²) in [4.78, 5) is 0. The molecule has 100 valence electrons. The van der Waals surface area contributed by atoms with E-state index in [1.165, 1.54) is 13.2 Å². The highest BCUT2D eigenvalue weighted by Gasteiger charge is 2.12. The summed E-state index contributed by atoms with van der Waals surface area (Å²) in [6.07, 6.45) is 0. The molecule has 1 N–H and O–H groups in total. The molecule has 4 nitrogen and oxygen atoms in total. The highest BCUT2D eigenvalue weighted by Crippen LogP contribution is 2.28. The Morgan fingerprint density at radius 3 is 2.47 bits per heavy atom. The van der Waals surface area contributed by atoms with Crippen molar-refractivity contribution in [2.45, 2.75) is 13.8 Å². The fraction of sp³-hybridized carbons (Fsp3) is 0.286. The monoisotopic (exact) mass is 261 g/mol. The van der Waals surface area contributed by atoms with Crippen LogP contribution in [0.4, 0.5) is 10.2 Å². The van der Waals surface area contributed by atoms with Crippen LogP contribution in [0.5, 0.6) is 5.75 Å². The number of aromatic nitrogens is 2. The van der Waals surface area contributed by atoms with E-state index < -0.39 is 5.82 Å². The number of anilines is 1. The maximum atomic E-state index is 13.7. The van der Waals surface area contributed by atoms with Crippen LogP contribution >= 0.6 is 0 Å². The summed E-state index contributed by atoms with van der Waals surface area (Å²) in [7, 11) is 3.23. The number of benzene rings is 1. The second kappa shape index (κ2) is 5.22. The van der Waals surface area contributed by atoms with Gasteiger partial charge in [0.2, 0.25) is 0 Å². The second-order valence-electron chi connectivity index (χ2n) is 4.25. The number of ether oxygens (including phenoxy) is 1. The lowest BCUT2D eigenvalue weighted by atomic mass is 10.0. The number of halogens is 1. The molecule has 0 atom stereocenters. The van der Waals surface area contributed by atoms with E-state index >= 15 is 0 Å². The normalized spacial score (nSPS) is 10.4. The van der Waals surface area contributed by atoms with Crippen LogP contribution in [-0.4, -0.2) is 24.4 Å². The SMILES string of the molecule is CNc1nnc(-c2ccc(OC)c(F)c2)c(C)c1C. The summed E-state index contributed by atoms with van der Waals surface area (Å²) in [6, 6.07) is 4.78. The van der Waals surface area contributed by atoms with E-state index in [9.17, 15) is 4.39 Å². The smallest absolute Gasteiger partial charge is 0.165 e. The van der Waals surface area contributed by atoms with Crippen LogP contribution in [0.3, 0.4) is 0 Å². The van der Waals surface area contributed by atoms with Crippen molar-refractivity contribution in [3.63, 3.8) is 0 Å². The van der Waals surface area contributed by atoms with Gasteiger partial charge in [-0.3, -0.25) is 0 Å². The predicted molar refractivity (Wildman–Crippen MR) is 73.0 cm³/mol. The van der Waals surface area contributed by atoms with Crippen LogP contribution in [0.25, 0.3) is 11.3 Å². The minimum absolute atomic E-state index is 0.220. The molecule has 0 aliphatic carbocycles.